The molecule has 1 aromatic carbocycles. The Morgan fingerprint density at radius 2 is 2.22 bits per heavy atom. The summed E-state index contributed by atoms with van der Waals surface area (Å²) in [4.78, 5) is 23.0. The van der Waals surface area contributed by atoms with Crippen LogP contribution in [0, 0.1) is 10.1 Å². The zero-order valence-electron chi connectivity index (χ0n) is 14.9. The molecule has 8 heteroatoms. The molecule has 0 bridgehead atoms. The minimum atomic E-state index is -0.371. The van der Waals surface area contributed by atoms with E-state index in [2.05, 4.69) is 21.8 Å². The molecule has 0 spiro atoms. The number of rotatable bonds is 4. The summed E-state index contributed by atoms with van der Waals surface area (Å²) in [6.07, 6.45) is 4.52. The Balaban J connectivity index is 1.91. The summed E-state index contributed by atoms with van der Waals surface area (Å²) in [5, 5.41) is 14.4. The van der Waals surface area contributed by atoms with Crippen LogP contribution in [0.25, 0.3) is 21.3 Å². The quantitative estimate of drug-likeness (QED) is 0.318. The molecule has 0 saturated carbocycles. The number of benzene rings is 1. The Labute approximate surface area is 166 Å². The van der Waals surface area contributed by atoms with Crippen molar-refractivity contribution < 1.29 is 4.92 Å². The van der Waals surface area contributed by atoms with Crippen LogP contribution >= 0.6 is 22.9 Å². The third kappa shape index (κ3) is 3.37. The summed E-state index contributed by atoms with van der Waals surface area (Å²) in [5.41, 5.74) is 1.80. The van der Waals surface area contributed by atoms with E-state index in [0.717, 1.165) is 53.0 Å². The number of hydrogen-bond acceptors (Lipinski definition) is 6. The summed E-state index contributed by atoms with van der Waals surface area (Å²) in [6.45, 7) is 3.13. The van der Waals surface area contributed by atoms with Gasteiger partial charge in [0.2, 0.25) is 5.28 Å². The lowest BCUT2D eigenvalue weighted by molar-refractivity contribution is -0.384. The highest BCUT2D eigenvalue weighted by molar-refractivity contribution is 7.17. The average molecular weight is 403 g/mol. The monoisotopic (exact) mass is 402 g/mol. The second kappa shape index (κ2) is 7.40. The van der Waals surface area contributed by atoms with Gasteiger partial charge >= 0.3 is 0 Å². The lowest BCUT2D eigenvalue weighted by Crippen LogP contribution is -2.39. The van der Waals surface area contributed by atoms with Crippen molar-refractivity contribution in [3.05, 3.63) is 45.0 Å². The molecule has 0 N–H and O–H groups in total. The first-order chi connectivity index (χ1) is 13.1. The number of nitro benzene ring substituents is 1. The molecule has 2 aromatic heterocycles. The molecular weight excluding hydrogens is 384 g/mol. The minimum absolute atomic E-state index is 0.0766. The lowest BCUT2D eigenvalue weighted by atomic mass is 9.98. The van der Waals surface area contributed by atoms with Gasteiger partial charge in [-0.3, -0.25) is 10.1 Å². The summed E-state index contributed by atoms with van der Waals surface area (Å²) >= 11 is 7.72. The maximum Gasteiger partial charge on any atom is 0.270 e. The van der Waals surface area contributed by atoms with Crippen molar-refractivity contribution >= 4 is 44.7 Å². The Hall–Kier alpha value is -2.25. The van der Waals surface area contributed by atoms with E-state index in [-0.39, 0.29) is 15.9 Å². The molecule has 0 radical (unpaired) electrons. The van der Waals surface area contributed by atoms with Gasteiger partial charge in [0, 0.05) is 35.7 Å². The van der Waals surface area contributed by atoms with E-state index in [1.54, 1.807) is 12.1 Å². The molecule has 1 fully saturated rings. The molecule has 1 atom stereocenters. The topological polar surface area (TPSA) is 72.2 Å². The van der Waals surface area contributed by atoms with E-state index in [1.165, 1.54) is 23.8 Å². The zero-order chi connectivity index (χ0) is 19.0. The number of nitro groups is 1. The fraction of sp³-hybridized carbons (Fsp3) is 0.368. The molecule has 1 aliphatic rings. The fourth-order valence-corrected chi connectivity index (χ4v) is 4.97. The number of halogens is 1. The van der Waals surface area contributed by atoms with Crippen LogP contribution in [0.3, 0.4) is 0 Å². The molecule has 1 aliphatic heterocycles. The van der Waals surface area contributed by atoms with Crippen LogP contribution < -0.4 is 4.90 Å². The maximum absolute atomic E-state index is 11.2. The Morgan fingerprint density at radius 3 is 3.00 bits per heavy atom. The van der Waals surface area contributed by atoms with Crippen molar-refractivity contribution in [3.63, 3.8) is 0 Å². The molecule has 27 heavy (non-hydrogen) atoms. The maximum atomic E-state index is 11.2. The molecule has 1 saturated heterocycles. The van der Waals surface area contributed by atoms with E-state index < -0.39 is 0 Å². The van der Waals surface area contributed by atoms with Crippen LogP contribution in [0.2, 0.25) is 5.28 Å². The predicted molar refractivity (Wildman–Crippen MR) is 110 cm³/mol. The van der Waals surface area contributed by atoms with Gasteiger partial charge in [-0.15, -0.1) is 11.3 Å². The highest BCUT2D eigenvalue weighted by Gasteiger charge is 2.26. The van der Waals surface area contributed by atoms with Crippen LogP contribution in [0.15, 0.2) is 29.6 Å². The lowest BCUT2D eigenvalue weighted by Gasteiger charge is -2.36. The number of non-ortho nitro benzene ring substituents is 1. The van der Waals surface area contributed by atoms with Crippen molar-refractivity contribution in [3.8, 4) is 11.1 Å². The SMILES string of the molecule is CCC1CCCCN1c1nc(Cl)nc2scc(-c3cccc([N+](=O)[O-])c3)c12. The summed E-state index contributed by atoms with van der Waals surface area (Å²) in [6, 6.07) is 7.13. The van der Waals surface area contributed by atoms with Crippen molar-refractivity contribution in [2.75, 3.05) is 11.4 Å². The number of fused-ring (bicyclic) bond motifs is 1. The van der Waals surface area contributed by atoms with Crippen LogP contribution in [0.5, 0.6) is 0 Å². The van der Waals surface area contributed by atoms with E-state index in [1.807, 2.05) is 11.4 Å². The molecule has 3 aromatic rings. The second-order valence-corrected chi connectivity index (χ2v) is 7.90. The number of hydrogen-bond donors (Lipinski definition) is 0. The van der Waals surface area contributed by atoms with Crippen LogP contribution in [-0.2, 0) is 0 Å². The first-order valence-electron chi connectivity index (χ1n) is 9.04. The van der Waals surface area contributed by atoms with E-state index >= 15 is 0 Å². The molecule has 140 valence electrons. The van der Waals surface area contributed by atoms with Gasteiger partial charge in [-0.2, -0.15) is 4.98 Å². The molecule has 0 amide bonds. The molecular formula is C19H19ClN4O2S. The van der Waals surface area contributed by atoms with E-state index in [0.29, 0.717) is 6.04 Å². The first kappa shape index (κ1) is 18.1. The van der Waals surface area contributed by atoms with Crippen LogP contribution in [0.4, 0.5) is 11.5 Å². The number of anilines is 1. The van der Waals surface area contributed by atoms with Crippen molar-refractivity contribution in [2.24, 2.45) is 0 Å². The summed E-state index contributed by atoms with van der Waals surface area (Å²) < 4.78 is 0. The average Bonchev–Trinajstić information content (AvgIpc) is 3.11. The third-order valence-corrected chi connectivity index (χ3v) is 6.17. The molecule has 0 aliphatic carbocycles. The van der Waals surface area contributed by atoms with Crippen molar-refractivity contribution in [1.82, 2.24) is 9.97 Å². The van der Waals surface area contributed by atoms with Gasteiger partial charge in [0.15, 0.2) is 0 Å². The van der Waals surface area contributed by atoms with Gasteiger partial charge in [-0.25, -0.2) is 4.98 Å². The van der Waals surface area contributed by atoms with Gasteiger partial charge < -0.3 is 4.90 Å². The Kier molecular flexibility index (Phi) is 4.97. The third-order valence-electron chi connectivity index (χ3n) is 5.13. The molecule has 1 unspecified atom stereocenters. The fourth-order valence-electron chi connectivity index (χ4n) is 3.81. The van der Waals surface area contributed by atoms with Gasteiger partial charge in [-0.1, -0.05) is 19.1 Å². The van der Waals surface area contributed by atoms with E-state index in [4.69, 9.17) is 11.6 Å². The van der Waals surface area contributed by atoms with Crippen molar-refractivity contribution in [1.29, 1.82) is 0 Å². The molecule has 4 rings (SSSR count). The van der Waals surface area contributed by atoms with Gasteiger partial charge in [0.05, 0.1) is 10.3 Å². The number of thiophene rings is 1. The highest BCUT2D eigenvalue weighted by Crippen LogP contribution is 2.41. The highest BCUT2D eigenvalue weighted by atomic mass is 35.5. The number of piperidine rings is 1. The largest absolute Gasteiger partial charge is 0.353 e. The summed E-state index contributed by atoms with van der Waals surface area (Å²) in [5.74, 6) is 0.847. The second-order valence-electron chi connectivity index (χ2n) is 6.70. The normalized spacial score (nSPS) is 17.4. The number of nitrogens with zero attached hydrogens (tertiary/aromatic N) is 4. The first-order valence-corrected chi connectivity index (χ1v) is 10.3. The van der Waals surface area contributed by atoms with Crippen molar-refractivity contribution in [2.45, 2.75) is 38.6 Å². The van der Waals surface area contributed by atoms with Gasteiger partial charge in [0.1, 0.15) is 10.6 Å². The van der Waals surface area contributed by atoms with Crippen LogP contribution in [0.1, 0.15) is 32.6 Å². The summed E-state index contributed by atoms with van der Waals surface area (Å²) in [7, 11) is 0. The number of aromatic nitrogens is 2. The van der Waals surface area contributed by atoms with Crippen LogP contribution in [-0.4, -0.2) is 27.5 Å². The van der Waals surface area contributed by atoms with E-state index in [9.17, 15) is 10.1 Å². The zero-order valence-corrected chi connectivity index (χ0v) is 16.5. The Morgan fingerprint density at radius 1 is 1.37 bits per heavy atom. The molecule has 6 nitrogen and oxygen atoms in total. The standard InChI is InChI=1S/C19H19ClN4O2S/c1-2-13-7-3-4-9-23(13)17-16-15(11-27-18(16)22-19(20)21-17)12-6-5-8-14(10-12)24(25)26/h5-6,8,10-11,13H,2-4,7,9H2,1H3. The minimum Gasteiger partial charge on any atom is -0.353 e. The predicted octanol–water partition coefficient (Wildman–Crippen LogP) is 5.69. The smallest absolute Gasteiger partial charge is 0.270 e. The van der Waals surface area contributed by atoms with Gasteiger partial charge in [-0.05, 0) is 42.8 Å². The Bertz CT molecular complexity index is 1010. The van der Waals surface area contributed by atoms with Gasteiger partial charge in [0.25, 0.3) is 5.69 Å². The molecule has 3 heterocycles.